The smallest absolute Gasteiger partial charge is 0.271 e. The third-order valence-corrected chi connectivity index (χ3v) is 3.20. The van der Waals surface area contributed by atoms with E-state index in [0.717, 1.165) is 12.2 Å². The van der Waals surface area contributed by atoms with Crippen LogP contribution >= 0.6 is 24.0 Å². The van der Waals surface area contributed by atoms with E-state index >= 15 is 0 Å². The number of nitrogens with one attached hydrogen (secondary N) is 2. The molecule has 23 heavy (non-hydrogen) atoms. The molecule has 6 nitrogen and oxygen atoms in total. The van der Waals surface area contributed by atoms with E-state index in [2.05, 4.69) is 15.7 Å². The standard InChI is InChI=1S/C15H19ClN4O2.ClH/c1-22-10-8-17-6-7-18-15(21)14-5-9-20(19-14)13-4-2-3-12(16)11-13;/h2-5,9,11,17H,6-8,10H2,1H3,(H,18,21);1H. The summed E-state index contributed by atoms with van der Waals surface area (Å²) in [5, 5.41) is 10.8. The number of hydrogen-bond acceptors (Lipinski definition) is 4. The average Bonchev–Trinajstić information content (AvgIpc) is 3.00. The van der Waals surface area contributed by atoms with Crippen molar-refractivity contribution < 1.29 is 9.53 Å². The Balaban J connectivity index is 0.00000264. The van der Waals surface area contributed by atoms with Gasteiger partial charge < -0.3 is 15.4 Å². The summed E-state index contributed by atoms with van der Waals surface area (Å²) < 4.78 is 6.54. The van der Waals surface area contributed by atoms with Gasteiger partial charge >= 0.3 is 0 Å². The van der Waals surface area contributed by atoms with Crippen molar-refractivity contribution >= 4 is 29.9 Å². The Hall–Kier alpha value is -1.60. The number of rotatable bonds is 8. The molecule has 0 fully saturated rings. The van der Waals surface area contributed by atoms with E-state index in [-0.39, 0.29) is 18.3 Å². The second-order valence-electron chi connectivity index (χ2n) is 4.62. The van der Waals surface area contributed by atoms with Crippen LogP contribution in [0.5, 0.6) is 0 Å². The molecule has 126 valence electrons. The summed E-state index contributed by atoms with van der Waals surface area (Å²) >= 11 is 5.95. The van der Waals surface area contributed by atoms with Gasteiger partial charge in [-0.3, -0.25) is 4.79 Å². The molecule has 0 unspecified atom stereocenters. The lowest BCUT2D eigenvalue weighted by Crippen LogP contribution is -2.33. The van der Waals surface area contributed by atoms with Gasteiger partial charge in [0.25, 0.3) is 5.91 Å². The van der Waals surface area contributed by atoms with Crippen molar-refractivity contribution in [1.82, 2.24) is 20.4 Å². The van der Waals surface area contributed by atoms with Crippen LogP contribution in [0.15, 0.2) is 36.5 Å². The minimum Gasteiger partial charge on any atom is -0.383 e. The normalized spacial score (nSPS) is 10.2. The van der Waals surface area contributed by atoms with Gasteiger partial charge in [0.2, 0.25) is 0 Å². The van der Waals surface area contributed by atoms with Crippen LogP contribution in [0, 0.1) is 0 Å². The van der Waals surface area contributed by atoms with Crippen LogP contribution < -0.4 is 10.6 Å². The van der Waals surface area contributed by atoms with E-state index in [1.807, 2.05) is 12.1 Å². The van der Waals surface area contributed by atoms with Crippen molar-refractivity contribution in [2.45, 2.75) is 0 Å². The maximum Gasteiger partial charge on any atom is 0.271 e. The van der Waals surface area contributed by atoms with Gasteiger partial charge in [0.05, 0.1) is 12.3 Å². The first-order valence-corrected chi connectivity index (χ1v) is 7.38. The van der Waals surface area contributed by atoms with Crippen LogP contribution in [-0.4, -0.2) is 49.0 Å². The van der Waals surface area contributed by atoms with E-state index in [0.29, 0.717) is 30.4 Å². The van der Waals surface area contributed by atoms with Gasteiger partial charge in [-0.15, -0.1) is 12.4 Å². The first-order valence-electron chi connectivity index (χ1n) is 7.00. The molecule has 2 aromatic rings. The molecule has 0 saturated heterocycles. The predicted octanol–water partition coefficient (Wildman–Crippen LogP) is 1.91. The number of methoxy groups -OCH3 is 1. The fraction of sp³-hybridized carbons (Fsp3) is 0.333. The highest BCUT2D eigenvalue weighted by Crippen LogP contribution is 2.14. The minimum atomic E-state index is -0.200. The van der Waals surface area contributed by atoms with Crippen LogP contribution in [0.1, 0.15) is 10.5 Å². The van der Waals surface area contributed by atoms with Crippen LogP contribution in [-0.2, 0) is 4.74 Å². The van der Waals surface area contributed by atoms with Crippen LogP contribution in [0.3, 0.4) is 0 Å². The summed E-state index contributed by atoms with van der Waals surface area (Å²) in [4.78, 5) is 12.0. The Bertz CT molecular complexity index is 619. The number of benzene rings is 1. The quantitative estimate of drug-likeness (QED) is 0.707. The van der Waals surface area contributed by atoms with Gasteiger partial charge in [-0.05, 0) is 24.3 Å². The van der Waals surface area contributed by atoms with Crippen molar-refractivity contribution in [2.75, 3.05) is 33.4 Å². The van der Waals surface area contributed by atoms with E-state index in [1.165, 1.54) is 0 Å². The van der Waals surface area contributed by atoms with Crippen molar-refractivity contribution in [3.63, 3.8) is 0 Å². The highest BCUT2D eigenvalue weighted by molar-refractivity contribution is 6.30. The molecular weight excluding hydrogens is 339 g/mol. The van der Waals surface area contributed by atoms with E-state index in [1.54, 1.807) is 36.2 Å². The van der Waals surface area contributed by atoms with Gasteiger partial charge in [-0.1, -0.05) is 17.7 Å². The molecule has 0 saturated carbocycles. The fourth-order valence-corrected chi connectivity index (χ4v) is 2.05. The van der Waals surface area contributed by atoms with Crippen molar-refractivity contribution in [2.24, 2.45) is 0 Å². The average molecular weight is 359 g/mol. The highest BCUT2D eigenvalue weighted by atomic mass is 35.5. The molecular formula is C15H20Cl2N4O2. The Morgan fingerprint density at radius 1 is 1.30 bits per heavy atom. The van der Waals surface area contributed by atoms with E-state index < -0.39 is 0 Å². The highest BCUT2D eigenvalue weighted by Gasteiger charge is 2.09. The molecule has 0 spiro atoms. The predicted molar refractivity (Wildman–Crippen MR) is 92.9 cm³/mol. The number of ether oxygens (including phenoxy) is 1. The lowest BCUT2D eigenvalue weighted by molar-refractivity contribution is 0.0948. The largest absolute Gasteiger partial charge is 0.383 e. The zero-order valence-electron chi connectivity index (χ0n) is 12.8. The topological polar surface area (TPSA) is 68.2 Å². The number of halogens is 2. The summed E-state index contributed by atoms with van der Waals surface area (Å²) in [6.45, 7) is 2.63. The van der Waals surface area contributed by atoms with E-state index in [4.69, 9.17) is 16.3 Å². The van der Waals surface area contributed by atoms with Crippen LogP contribution in [0.4, 0.5) is 0 Å². The minimum absolute atomic E-state index is 0. The Kier molecular flexibility index (Phi) is 8.65. The Morgan fingerprint density at radius 2 is 2.13 bits per heavy atom. The lowest BCUT2D eigenvalue weighted by Gasteiger charge is -2.05. The van der Waals surface area contributed by atoms with Gasteiger partial charge in [0.1, 0.15) is 0 Å². The van der Waals surface area contributed by atoms with Crippen molar-refractivity contribution in [3.05, 3.63) is 47.2 Å². The first-order chi connectivity index (χ1) is 10.7. The number of hydrogen-bond donors (Lipinski definition) is 2. The molecule has 0 atom stereocenters. The lowest BCUT2D eigenvalue weighted by atomic mass is 10.3. The number of aromatic nitrogens is 2. The third kappa shape index (κ3) is 6.19. The van der Waals surface area contributed by atoms with Crippen LogP contribution in [0.25, 0.3) is 5.69 Å². The van der Waals surface area contributed by atoms with Gasteiger partial charge in [0, 0.05) is 38.0 Å². The molecule has 0 radical (unpaired) electrons. The zero-order valence-corrected chi connectivity index (χ0v) is 14.4. The summed E-state index contributed by atoms with van der Waals surface area (Å²) in [5.74, 6) is -0.200. The summed E-state index contributed by atoms with van der Waals surface area (Å²) in [7, 11) is 1.65. The summed E-state index contributed by atoms with van der Waals surface area (Å²) in [5.41, 5.74) is 1.18. The second kappa shape index (κ2) is 10.2. The molecule has 1 aromatic heterocycles. The number of amides is 1. The molecule has 0 aliphatic carbocycles. The maximum atomic E-state index is 12.0. The number of nitrogens with zero attached hydrogens (tertiary/aromatic N) is 2. The summed E-state index contributed by atoms with van der Waals surface area (Å²) in [6, 6.07) is 8.97. The molecule has 1 heterocycles. The maximum absolute atomic E-state index is 12.0. The molecule has 1 amide bonds. The number of carbonyl (C=O) groups excluding carboxylic acids is 1. The van der Waals surface area contributed by atoms with Crippen molar-refractivity contribution in [1.29, 1.82) is 0 Å². The van der Waals surface area contributed by atoms with Crippen molar-refractivity contribution in [3.8, 4) is 5.69 Å². The second-order valence-corrected chi connectivity index (χ2v) is 5.06. The Labute approximate surface area is 146 Å². The van der Waals surface area contributed by atoms with E-state index in [9.17, 15) is 4.79 Å². The molecule has 2 N–H and O–H groups in total. The van der Waals surface area contributed by atoms with Gasteiger partial charge in [-0.2, -0.15) is 5.10 Å². The molecule has 8 heteroatoms. The molecule has 0 bridgehead atoms. The van der Waals surface area contributed by atoms with Gasteiger partial charge in [-0.25, -0.2) is 4.68 Å². The fourth-order valence-electron chi connectivity index (χ4n) is 1.86. The first kappa shape index (κ1) is 19.4. The SMILES string of the molecule is COCCNCCNC(=O)c1ccn(-c2cccc(Cl)c2)n1.Cl. The molecule has 1 aromatic carbocycles. The Morgan fingerprint density at radius 3 is 2.87 bits per heavy atom. The molecule has 0 aliphatic heterocycles. The van der Waals surface area contributed by atoms with Gasteiger partial charge in [0.15, 0.2) is 5.69 Å². The third-order valence-electron chi connectivity index (χ3n) is 2.96. The summed E-state index contributed by atoms with van der Waals surface area (Å²) in [6.07, 6.45) is 1.73. The molecule has 0 aliphatic rings. The van der Waals surface area contributed by atoms with Crippen LogP contribution in [0.2, 0.25) is 5.02 Å². The molecule has 2 rings (SSSR count). The number of carbonyl (C=O) groups is 1. The monoisotopic (exact) mass is 358 g/mol. The zero-order chi connectivity index (χ0) is 15.8.